The summed E-state index contributed by atoms with van der Waals surface area (Å²) in [5.74, 6) is 0.983. The maximum Gasteiger partial charge on any atom is 0.288 e. The van der Waals surface area contributed by atoms with E-state index in [0.29, 0.717) is 12.3 Å². The molecule has 0 saturated carbocycles. The zero-order chi connectivity index (χ0) is 20.3. The molecule has 1 amide bonds. The molecule has 3 rings (SSSR count). The van der Waals surface area contributed by atoms with Crippen LogP contribution in [0.25, 0.3) is 11.5 Å². The fourth-order valence-electron chi connectivity index (χ4n) is 2.95. The molecule has 2 aromatic rings. The molecule has 9 nitrogen and oxygen atoms in total. The zero-order valence-electron chi connectivity index (χ0n) is 15.6. The lowest BCUT2D eigenvalue weighted by molar-refractivity contribution is -0.122. The van der Waals surface area contributed by atoms with Gasteiger partial charge < -0.3 is 14.5 Å². The zero-order valence-corrected chi connectivity index (χ0v) is 17.3. The number of aromatic nitrogens is 2. The number of sulfone groups is 1. The maximum absolute atomic E-state index is 12.1. The molecule has 1 saturated heterocycles. The van der Waals surface area contributed by atoms with Crippen LogP contribution in [-0.4, -0.2) is 67.3 Å². The SMILES string of the molecule is COc1ccc(-c2nn(CN(C)CC(=O)NC3CCS(=O)(=O)C3)c(=S)o2)cc1. The van der Waals surface area contributed by atoms with Gasteiger partial charge in [0.25, 0.3) is 4.84 Å². The van der Waals surface area contributed by atoms with Crippen LogP contribution in [0.3, 0.4) is 0 Å². The summed E-state index contributed by atoms with van der Waals surface area (Å²) in [4.78, 5) is 14.1. The smallest absolute Gasteiger partial charge is 0.288 e. The molecule has 1 aromatic carbocycles. The average Bonchev–Trinajstić information content (AvgIpc) is 3.16. The van der Waals surface area contributed by atoms with E-state index in [1.54, 1.807) is 31.2 Å². The molecule has 2 heterocycles. The van der Waals surface area contributed by atoms with Gasteiger partial charge in [-0.25, -0.2) is 13.1 Å². The third-order valence-corrected chi connectivity index (χ3v) is 6.39. The summed E-state index contributed by atoms with van der Waals surface area (Å²) in [6.45, 7) is 0.345. The molecule has 1 N–H and O–H groups in total. The normalized spacial score (nSPS) is 18.3. The molecule has 0 bridgehead atoms. The Hall–Kier alpha value is -2.24. The Morgan fingerprint density at radius 2 is 2.14 bits per heavy atom. The van der Waals surface area contributed by atoms with Crippen LogP contribution in [0, 0.1) is 4.84 Å². The number of likely N-dealkylation sites (N-methyl/N-ethyl adjacent to an activating group) is 1. The molecule has 1 unspecified atom stereocenters. The van der Waals surface area contributed by atoms with Crippen LogP contribution in [0.5, 0.6) is 5.75 Å². The topological polar surface area (TPSA) is 107 Å². The minimum absolute atomic E-state index is 0.00200. The minimum Gasteiger partial charge on any atom is -0.497 e. The summed E-state index contributed by atoms with van der Waals surface area (Å²) in [7, 11) is 0.307. The molecule has 152 valence electrons. The lowest BCUT2D eigenvalue weighted by atomic mass is 10.2. The molecule has 0 radical (unpaired) electrons. The lowest BCUT2D eigenvalue weighted by Crippen LogP contribution is -2.42. The second-order valence-electron chi connectivity index (χ2n) is 6.72. The lowest BCUT2D eigenvalue weighted by Gasteiger charge is -2.17. The van der Waals surface area contributed by atoms with Crippen LogP contribution < -0.4 is 10.1 Å². The van der Waals surface area contributed by atoms with Gasteiger partial charge in [-0.15, -0.1) is 5.10 Å². The first-order chi connectivity index (χ1) is 13.3. The van der Waals surface area contributed by atoms with Gasteiger partial charge in [-0.1, -0.05) is 0 Å². The first kappa shape index (κ1) is 20.5. The molecular weight excluding hydrogens is 404 g/mol. The Kier molecular flexibility index (Phi) is 6.16. The van der Waals surface area contributed by atoms with Crippen LogP contribution in [0.4, 0.5) is 0 Å². The molecule has 1 aliphatic rings. The monoisotopic (exact) mass is 426 g/mol. The highest BCUT2D eigenvalue weighted by molar-refractivity contribution is 7.91. The number of amides is 1. The van der Waals surface area contributed by atoms with Crippen LogP contribution >= 0.6 is 12.2 Å². The number of hydrogen-bond donors (Lipinski definition) is 1. The van der Waals surface area contributed by atoms with E-state index in [0.717, 1.165) is 11.3 Å². The predicted molar refractivity (Wildman–Crippen MR) is 105 cm³/mol. The largest absolute Gasteiger partial charge is 0.497 e. The minimum atomic E-state index is -3.03. The first-order valence-corrected chi connectivity index (χ1v) is 10.9. The maximum atomic E-state index is 12.1. The number of rotatable bonds is 7. The highest BCUT2D eigenvalue weighted by atomic mass is 32.2. The van der Waals surface area contributed by atoms with Crippen molar-refractivity contribution >= 4 is 28.0 Å². The van der Waals surface area contributed by atoms with Crippen LogP contribution in [0.15, 0.2) is 28.7 Å². The van der Waals surface area contributed by atoms with E-state index in [2.05, 4.69) is 10.4 Å². The van der Waals surface area contributed by atoms with Crippen molar-refractivity contribution in [3.8, 4) is 17.2 Å². The van der Waals surface area contributed by atoms with Gasteiger partial charge in [-0.3, -0.25) is 9.69 Å². The Morgan fingerprint density at radius 3 is 2.75 bits per heavy atom. The van der Waals surface area contributed by atoms with E-state index >= 15 is 0 Å². The van der Waals surface area contributed by atoms with Crippen LogP contribution in [-0.2, 0) is 21.3 Å². The van der Waals surface area contributed by atoms with E-state index in [9.17, 15) is 13.2 Å². The summed E-state index contributed by atoms with van der Waals surface area (Å²) in [6, 6.07) is 6.91. The summed E-state index contributed by atoms with van der Waals surface area (Å²) >= 11 is 5.21. The van der Waals surface area contributed by atoms with Gasteiger partial charge in [0.2, 0.25) is 11.8 Å². The van der Waals surface area contributed by atoms with Gasteiger partial charge in [0.05, 0.1) is 31.8 Å². The van der Waals surface area contributed by atoms with E-state index in [-0.39, 0.29) is 41.5 Å². The number of ether oxygens (including phenoxy) is 1. The van der Waals surface area contributed by atoms with Crippen LogP contribution in [0.2, 0.25) is 0 Å². The van der Waals surface area contributed by atoms with Gasteiger partial charge in [0.1, 0.15) is 5.75 Å². The number of benzene rings is 1. The van der Waals surface area contributed by atoms with Crippen molar-refractivity contribution in [1.29, 1.82) is 0 Å². The van der Waals surface area contributed by atoms with Gasteiger partial charge in [0, 0.05) is 11.6 Å². The predicted octanol–water partition coefficient (Wildman–Crippen LogP) is 1.07. The van der Waals surface area contributed by atoms with Crippen molar-refractivity contribution in [1.82, 2.24) is 20.0 Å². The standard InChI is InChI=1S/C17H22N4O5S2/c1-20(9-15(22)18-13-7-8-28(23,24)10-13)11-21-17(27)26-16(19-21)12-3-5-14(25-2)6-4-12/h3-6,13H,7-11H2,1-2H3,(H,18,22). The number of carbonyl (C=O) groups is 1. The fraction of sp³-hybridized carbons (Fsp3) is 0.471. The van der Waals surface area contributed by atoms with Crippen molar-refractivity contribution in [2.24, 2.45) is 0 Å². The third-order valence-electron chi connectivity index (χ3n) is 4.33. The van der Waals surface area contributed by atoms with E-state index < -0.39 is 9.84 Å². The molecular formula is C17H22N4O5S2. The molecule has 11 heteroatoms. The molecule has 1 atom stereocenters. The van der Waals surface area contributed by atoms with Gasteiger partial charge in [-0.05, 0) is 50.0 Å². The van der Waals surface area contributed by atoms with Gasteiger partial charge >= 0.3 is 0 Å². The number of carbonyl (C=O) groups excluding carboxylic acids is 1. The van der Waals surface area contributed by atoms with Crippen molar-refractivity contribution in [2.75, 3.05) is 32.2 Å². The Morgan fingerprint density at radius 1 is 1.43 bits per heavy atom. The van der Waals surface area contributed by atoms with Crippen molar-refractivity contribution in [3.05, 3.63) is 29.1 Å². The highest BCUT2D eigenvalue weighted by Crippen LogP contribution is 2.21. The number of nitrogens with zero attached hydrogens (tertiary/aromatic N) is 3. The Bertz CT molecular complexity index is 997. The Balaban J connectivity index is 1.58. The van der Waals surface area contributed by atoms with Crippen molar-refractivity contribution in [2.45, 2.75) is 19.1 Å². The summed E-state index contributed by atoms with van der Waals surface area (Å²) < 4.78 is 35.1. The second-order valence-corrected chi connectivity index (χ2v) is 9.30. The molecule has 28 heavy (non-hydrogen) atoms. The molecule has 1 aliphatic heterocycles. The molecule has 1 aromatic heterocycles. The number of methoxy groups -OCH3 is 1. The first-order valence-electron chi connectivity index (χ1n) is 8.66. The molecule has 0 spiro atoms. The van der Waals surface area contributed by atoms with Gasteiger partial charge in [0.15, 0.2) is 9.84 Å². The molecule has 1 fully saturated rings. The average molecular weight is 427 g/mol. The van der Waals surface area contributed by atoms with E-state index in [1.807, 2.05) is 12.1 Å². The third kappa shape index (κ3) is 5.18. The fourth-order valence-corrected chi connectivity index (χ4v) is 4.80. The summed E-state index contributed by atoms with van der Waals surface area (Å²) in [5, 5.41) is 7.11. The van der Waals surface area contributed by atoms with Crippen molar-refractivity contribution < 1.29 is 22.4 Å². The quantitative estimate of drug-likeness (QED) is 0.656. The van der Waals surface area contributed by atoms with E-state index in [4.69, 9.17) is 21.4 Å². The second kappa shape index (κ2) is 8.41. The summed E-state index contributed by atoms with van der Waals surface area (Å²) in [5.41, 5.74) is 0.758. The van der Waals surface area contributed by atoms with Crippen molar-refractivity contribution in [3.63, 3.8) is 0 Å². The highest BCUT2D eigenvalue weighted by Gasteiger charge is 2.29. The number of hydrogen-bond acceptors (Lipinski definition) is 8. The summed E-state index contributed by atoms with van der Waals surface area (Å²) in [6.07, 6.45) is 0.456. The van der Waals surface area contributed by atoms with E-state index in [1.165, 1.54) is 4.68 Å². The number of nitrogens with one attached hydrogen (secondary N) is 1. The Labute approximate surface area is 168 Å². The van der Waals surface area contributed by atoms with Gasteiger partial charge in [-0.2, -0.15) is 0 Å². The van der Waals surface area contributed by atoms with Crippen LogP contribution in [0.1, 0.15) is 6.42 Å². The molecule has 0 aliphatic carbocycles.